The van der Waals surface area contributed by atoms with Gasteiger partial charge in [-0.25, -0.2) is 13.6 Å². The summed E-state index contributed by atoms with van der Waals surface area (Å²) in [4.78, 5) is 11.4. The molecule has 4 nitrogen and oxygen atoms in total. The van der Waals surface area contributed by atoms with E-state index >= 15 is 0 Å². The molecule has 94 valence electrons. The van der Waals surface area contributed by atoms with E-state index in [-0.39, 0.29) is 0 Å². The molecule has 1 rings (SSSR count). The van der Waals surface area contributed by atoms with Crippen molar-refractivity contribution in [3.05, 3.63) is 0 Å². The van der Waals surface area contributed by atoms with E-state index in [2.05, 4.69) is 5.32 Å². The first-order chi connectivity index (χ1) is 7.00. The lowest BCUT2D eigenvalue weighted by atomic mass is 10.1. The van der Waals surface area contributed by atoms with Gasteiger partial charge in [-0.05, 0) is 27.7 Å². The second-order valence-electron chi connectivity index (χ2n) is 5.27. The molecule has 0 spiro atoms. The molecule has 2 atom stereocenters. The number of alkyl halides is 2. The maximum atomic E-state index is 13.1. The van der Waals surface area contributed by atoms with Crippen LogP contribution in [-0.4, -0.2) is 29.2 Å². The zero-order valence-electron chi connectivity index (χ0n) is 9.93. The Kier molecular flexibility index (Phi) is 2.92. The molecule has 3 N–H and O–H groups in total. The van der Waals surface area contributed by atoms with Crippen LogP contribution in [0.5, 0.6) is 0 Å². The van der Waals surface area contributed by atoms with Crippen LogP contribution in [0, 0.1) is 0 Å². The minimum atomic E-state index is -2.95. The average molecular weight is 236 g/mol. The highest BCUT2D eigenvalue weighted by atomic mass is 19.3. The predicted octanol–water partition coefficient (Wildman–Crippen LogP) is 1.64. The fourth-order valence-corrected chi connectivity index (χ4v) is 1.54. The number of rotatable bonds is 2. The summed E-state index contributed by atoms with van der Waals surface area (Å²) in [5.74, 6) is -2.95. The first-order valence-electron chi connectivity index (χ1n) is 5.15. The summed E-state index contributed by atoms with van der Waals surface area (Å²) in [5, 5.41) is 2.18. The number of halogens is 2. The number of amides is 1. The number of ether oxygens (including phenoxy) is 1. The van der Waals surface area contributed by atoms with Crippen molar-refractivity contribution in [2.75, 3.05) is 0 Å². The average Bonchev–Trinajstić information content (AvgIpc) is 2.49. The van der Waals surface area contributed by atoms with Gasteiger partial charge in [-0.2, -0.15) is 0 Å². The third-order valence-electron chi connectivity index (χ3n) is 2.53. The maximum Gasteiger partial charge on any atom is 0.408 e. The Labute approximate surface area is 93.5 Å². The summed E-state index contributed by atoms with van der Waals surface area (Å²) in [6.07, 6.45) is -1.29. The van der Waals surface area contributed by atoms with Gasteiger partial charge in [-0.3, -0.25) is 0 Å². The number of alkyl carbamates (subject to hydrolysis) is 1. The van der Waals surface area contributed by atoms with Crippen molar-refractivity contribution >= 4 is 6.09 Å². The van der Waals surface area contributed by atoms with Gasteiger partial charge in [0.2, 0.25) is 0 Å². The summed E-state index contributed by atoms with van der Waals surface area (Å²) < 4.78 is 31.2. The lowest BCUT2D eigenvalue weighted by Gasteiger charge is -2.25. The molecule has 0 heterocycles. The van der Waals surface area contributed by atoms with E-state index in [1.165, 1.54) is 6.92 Å². The summed E-state index contributed by atoms with van der Waals surface area (Å²) >= 11 is 0. The van der Waals surface area contributed by atoms with E-state index in [0.29, 0.717) is 0 Å². The molecule has 0 saturated heterocycles. The SMILES string of the molecule is CC(N)C1(NC(=O)OC(C)(C)C)CC1(F)F. The van der Waals surface area contributed by atoms with Gasteiger partial charge in [0.1, 0.15) is 11.1 Å². The van der Waals surface area contributed by atoms with Gasteiger partial charge in [0, 0.05) is 12.5 Å². The first-order valence-corrected chi connectivity index (χ1v) is 5.15. The molecule has 0 aromatic carbocycles. The van der Waals surface area contributed by atoms with Crippen LogP contribution in [0.15, 0.2) is 0 Å². The second kappa shape index (κ2) is 3.55. The van der Waals surface area contributed by atoms with Crippen LogP contribution < -0.4 is 11.1 Å². The topological polar surface area (TPSA) is 64.3 Å². The fourth-order valence-electron chi connectivity index (χ4n) is 1.54. The monoisotopic (exact) mass is 236 g/mol. The molecule has 0 aliphatic heterocycles. The Balaban J connectivity index is 2.64. The molecule has 16 heavy (non-hydrogen) atoms. The first kappa shape index (κ1) is 13.2. The molecule has 0 bridgehead atoms. The van der Waals surface area contributed by atoms with Crippen LogP contribution >= 0.6 is 0 Å². The maximum absolute atomic E-state index is 13.1. The number of nitrogens with two attached hydrogens (primary N) is 1. The minimum absolute atomic E-state index is 0.434. The summed E-state index contributed by atoms with van der Waals surface area (Å²) in [6.45, 7) is 6.43. The van der Waals surface area contributed by atoms with Crippen molar-refractivity contribution in [3.8, 4) is 0 Å². The standard InChI is InChI=1S/C10H18F2N2O2/c1-6(13)9(5-10(9,11)12)14-7(15)16-8(2,3)4/h6H,5,13H2,1-4H3,(H,14,15). The molecule has 1 saturated carbocycles. The van der Waals surface area contributed by atoms with Crippen molar-refractivity contribution in [2.24, 2.45) is 5.73 Å². The molecule has 0 aromatic rings. The molecule has 1 amide bonds. The zero-order valence-corrected chi connectivity index (χ0v) is 9.93. The highest BCUT2D eigenvalue weighted by Gasteiger charge is 2.74. The van der Waals surface area contributed by atoms with E-state index < -0.39 is 35.6 Å². The molecule has 0 radical (unpaired) electrons. The van der Waals surface area contributed by atoms with Gasteiger partial charge < -0.3 is 15.8 Å². The van der Waals surface area contributed by atoms with Crippen molar-refractivity contribution in [1.82, 2.24) is 5.32 Å². The number of carbonyl (C=O) groups is 1. The Morgan fingerprint density at radius 1 is 1.50 bits per heavy atom. The highest BCUT2D eigenvalue weighted by Crippen LogP contribution is 2.54. The lowest BCUT2D eigenvalue weighted by Crippen LogP contribution is -2.53. The Bertz CT molecular complexity index is 300. The van der Waals surface area contributed by atoms with Crippen molar-refractivity contribution in [3.63, 3.8) is 0 Å². The van der Waals surface area contributed by atoms with Crippen LogP contribution in [0.25, 0.3) is 0 Å². The lowest BCUT2D eigenvalue weighted by molar-refractivity contribution is 0.0335. The van der Waals surface area contributed by atoms with Crippen LogP contribution in [0.4, 0.5) is 13.6 Å². The van der Waals surface area contributed by atoms with Crippen molar-refractivity contribution in [1.29, 1.82) is 0 Å². The van der Waals surface area contributed by atoms with Gasteiger partial charge in [0.15, 0.2) is 0 Å². The fraction of sp³-hybridized carbons (Fsp3) is 0.900. The molecule has 0 aromatic heterocycles. The van der Waals surface area contributed by atoms with Gasteiger partial charge in [0.25, 0.3) is 5.92 Å². The molecule has 6 heteroatoms. The van der Waals surface area contributed by atoms with Crippen LogP contribution in [-0.2, 0) is 4.74 Å². The van der Waals surface area contributed by atoms with Crippen molar-refractivity contribution < 1.29 is 18.3 Å². The third-order valence-corrected chi connectivity index (χ3v) is 2.53. The summed E-state index contributed by atoms with van der Waals surface area (Å²) in [7, 11) is 0. The largest absolute Gasteiger partial charge is 0.444 e. The summed E-state index contributed by atoms with van der Waals surface area (Å²) in [6, 6.07) is -0.824. The van der Waals surface area contributed by atoms with Crippen LogP contribution in [0.1, 0.15) is 34.1 Å². The number of nitrogens with one attached hydrogen (secondary N) is 1. The second-order valence-corrected chi connectivity index (χ2v) is 5.27. The smallest absolute Gasteiger partial charge is 0.408 e. The molecular formula is C10H18F2N2O2. The Morgan fingerprint density at radius 2 is 1.94 bits per heavy atom. The normalized spacial score (nSPS) is 29.4. The van der Waals surface area contributed by atoms with Crippen molar-refractivity contribution in [2.45, 2.75) is 57.2 Å². The highest BCUT2D eigenvalue weighted by molar-refractivity contribution is 5.70. The zero-order chi connectivity index (χ0) is 12.8. The van der Waals surface area contributed by atoms with E-state index in [9.17, 15) is 13.6 Å². The van der Waals surface area contributed by atoms with E-state index in [4.69, 9.17) is 10.5 Å². The van der Waals surface area contributed by atoms with E-state index in [0.717, 1.165) is 0 Å². The summed E-state index contributed by atoms with van der Waals surface area (Å²) in [5.41, 5.74) is 3.11. The Morgan fingerprint density at radius 3 is 2.19 bits per heavy atom. The van der Waals surface area contributed by atoms with Crippen LogP contribution in [0.3, 0.4) is 0 Å². The number of hydrogen-bond donors (Lipinski definition) is 2. The van der Waals surface area contributed by atoms with Gasteiger partial charge in [-0.1, -0.05) is 0 Å². The molecule has 1 aliphatic rings. The van der Waals surface area contributed by atoms with Gasteiger partial charge in [-0.15, -0.1) is 0 Å². The van der Waals surface area contributed by atoms with Gasteiger partial charge in [0.05, 0.1) is 0 Å². The van der Waals surface area contributed by atoms with E-state index in [1.807, 2.05) is 0 Å². The third kappa shape index (κ3) is 2.42. The quantitative estimate of drug-likeness (QED) is 0.766. The number of carbonyl (C=O) groups excluding carboxylic acids is 1. The molecule has 1 aliphatic carbocycles. The molecule has 1 fully saturated rings. The van der Waals surface area contributed by atoms with Gasteiger partial charge >= 0.3 is 6.09 Å². The molecular weight excluding hydrogens is 218 g/mol. The van der Waals surface area contributed by atoms with Crippen LogP contribution in [0.2, 0.25) is 0 Å². The predicted molar refractivity (Wildman–Crippen MR) is 55.3 cm³/mol. The number of hydrogen-bond acceptors (Lipinski definition) is 3. The van der Waals surface area contributed by atoms with E-state index in [1.54, 1.807) is 20.8 Å². The minimum Gasteiger partial charge on any atom is -0.444 e. The Hall–Kier alpha value is -0.910. The molecule has 2 unspecified atom stereocenters.